The van der Waals surface area contributed by atoms with Crippen molar-refractivity contribution in [1.29, 1.82) is 0 Å². The first-order valence-corrected chi connectivity index (χ1v) is 9.43. The van der Waals surface area contributed by atoms with Crippen LogP contribution in [-0.4, -0.2) is 43.8 Å². The number of hydrogen-bond acceptors (Lipinski definition) is 4. The highest BCUT2D eigenvalue weighted by Crippen LogP contribution is 2.26. The highest BCUT2D eigenvalue weighted by molar-refractivity contribution is 7.84. The number of nitrogens with zero attached hydrogens (tertiary/aromatic N) is 2. The van der Waals surface area contributed by atoms with Crippen LogP contribution in [0.2, 0.25) is 0 Å². The summed E-state index contributed by atoms with van der Waals surface area (Å²) in [5.41, 5.74) is -2.31. The Hall–Kier alpha value is -1.71. The molecular formula is C15H20F3N3O3S. The second-order valence-electron chi connectivity index (χ2n) is 6.10. The topological polar surface area (TPSA) is 83.1 Å². The van der Waals surface area contributed by atoms with E-state index in [9.17, 15) is 27.0 Å². The SMILES string of the molecule is CN(C(=O)C[S@@](=O)Cc1nc(C(F)(F)F)cc(=O)[nH]1)C1CCCCC1. The number of hydrogen-bond donors (Lipinski definition) is 1. The molecule has 25 heavy (non-hydrogen) atoms. The van der Waals surface area contributed by atoms with Crippen LogP contribution in [0.25, 0.3) is 0 Å². The Balaban J connectivity index is 1.99. The van der Waals surface area contributed by atoms with Crippen molar-refractivity contribution in [3.63, 3.8) is 0 Å². The molecule has 1 atom stereocenters. The van der Waals surface area contributed by atoms with E-state index in [-0.39, 0.29) is 23.5 Å². The zero-order valence-corrected chi connectivity index (χ0v) is 14.6. The smallest absolute Gasteiger partial charge is 0.342 e. The molecule has 0 unspecified atom stereocenters. The molecule has 1 aliphatic rings. The van der Waals surface area contributed by atoms with Crippen molar-refractivity contribution < 1.29 is 22.2 Å². The average Bonchev–Trinajstić information content (AvgIpc) is 2.53. The Morgan fingerprint density at radius 3 is 2.60 bits per heavy atom. The van der Waals surface area contributed by atoms with Gasteiger partial charge in [0.15, 0.2) is 5.69 Å². The minimum absolute atomic E-state index is 0.115. The minimum Gasteiger partial charge on any atom is -0.342 e. The fraction of sp³-hybridized carbons (Fsp3) is 0.667. The van der Waals surface area contributed by atoms with Gasteiger partial charge in [0.2, 0.25) is 5.91 Å². The van der Waals surface area contributed by atoms with Gasteiger partial charge in [-0.3, -0.25) is 13.8 Å². The third-order valence-corrected chi connectivity index (χ3v) is 5.34. The molecule has 1 amide bonds. The van der Waals surface area contributed by atoms with E-state index >= 15 is 0 Å². The van der Waals surface area contributed by atoms with Crippen LogP contribution in [-0.2, 0) is 27.5 Å². The number of halogens is 3. The fourth-order valence-electron chi connectivity index (χ4n) is 2.84. The summed E-state index contributed by atoms with van der Waals surface area (Å²) in [4.78, 5) is 30.5. The van der Waals surface area contributed by atoms with Crippen molar-refractivity contribution in [1.82, 2.24) is 14.9 Å². The molecule has 140 valence electrons. The van der Waals surface area contributed by atoms with E-state index in [1.807, 2.05) is 0 Å². The largest absolute Gasteiger partial charge is 0.433 e. The molecule has 0 bridgehead atoms. The molecule has 1 aliphatic carbocycles. The normalized spacial score (nSPS) is 17.3. The Labute approximate surface area is 145 Å². The third-order valence-electron chi connectivity index (χ3n) is 4.18. The summed E-state index contributed by atoms with van der Waals surface area (Å²) in [7, 11) is -0.108. The van der Waals surface area contributed by atoms with Crippen molar-refractivity contribution in [2.24, 2.45) is 0 Å². The molecule has 0 saturated heterocycles. The molecule has 6 nitrogen and oxygen atoms in total. The summed E-state index contributed by atoms with van der Waals surface area (Å²) < 4.78 is 50.1. The van der Waals surface area contributed by atoms with Crippen LogP contribution < -0.4 is 5.56 Å². The Morgan fingerprint density at radius 1 is 1.36 bits per heavy atom. The minimum atomic E-state index is -4.76. The van der Waals surface area contributed by atoms with Crippen molar-refractivity contribution >= 4 is 16.7 Å². The maximum Gasteiger partial charge on any atom is 0.433 e. The number of carbonyl (C=O) groups excluding carboxylic acids is 1. The number of alkyl halides is 3. The summed E-state index contributed by atoms with van der Waals surface area (Å²) in [6.45, 7) is 0. The number of nitrogens with one attached hydrogen (secondary N) is 1. The van der Waals surface area contributed by atoms with Crippen LogP contribution in [0.3, 0.4) is 0 Å². The van der Waals surface area contributed by atoms with Crippen LogP contribution in [0.15, 0.2) is 10.9 Å². The molecule has 0 aliphatic heterocycles. The second kappa shape index (κ2) is 8.11. The van der Waals surface area contributed by atoms with Gasteiger partial charge in [-0.05, 0) is 12.8 Å². The van der Waals surface area contributed by atoms with Gasteiger partial charge in [-0.25, -0.2) is 4.98 Å². The lowest BCUT2D eigenvalue weighted by molar-refractivity contribution is -0.141. The quantitative estimate of drug-likeness (QED) is 0.846. The summed E-state index contributed by atoms with van der Waals surface area (Å²) in [6, 6.07) is 0.457. The number of H-pyrrole nitrogens is 1. The number of aromatic nitrogens is 2. The average molecular weight is 379 g/mol. The van der Waals surface area contributed by atoms with Crippen molar-refractivity contribution in [3.05, 3.63) is 27.9 Å². The first kappa shape index (κ1) is 19.6. The summed E-state index contributed by atoms with van der Waals surface area (Å²) in [5, 5.41) is 0. The van der Waals surface area contributed by atoms with Gasteiger partial charge < -0.3 is 9.88 Å². The molecule has 0 aromatic carbocycles. The zero-order chi connectivity index (χ0) is 18.6. The standard InChI is InChI=1S/C15H20F3N3O3S/c1-21(10-5-3-2-4-6-10)14(23)9-25(24)8-12-19-11(15(16,17)18)7-13(22)20-12/h7,10H,2-6,8-9H2,1H3,(H,19,20,22)/t25-/m0/s1. The Morgan fingerprint density at radius 2 is 2.00 bits per heavy atom. The van der Waals surface area contributed by atoms with Crippen molar-refractivity contribution in [2.45, 2.75) is 50.1 Å². The molecule has 1 saturated carbocycles. The Kier molecular flexibility index (Phi) is 6.36. The lowest BCUT2D eigenvalue weighted by Gasteiger charge is -2.31. The molecule has 0 radical (unpaired) electrons. The molecule has 1 heterocycles. The van der Waals surface area contributed by atoms with E-state index in [1.165, 1.54) is 0 Å². The number of amides is 1. The van der Waals surface area contributed by atoms with Crippen LogP contribution in [0.1, 0.15) is 43.6 Å². The third kappa shape index (κ3) is 5.65. The van der Waals surface area contributed by atoms with Crippen LogP contribution in [0, 0.1) is 0 Å². The summed E-state index contributed by atoms with van der Waals surface area (Å²) >= 11 is 0. The second-order valence-corrected chi connectivity index (χ2v) is 7.56. The van der Waals surface area contributed by atoms with Gasteiger partial charge in [0.05, 0.1) is 5.75 Å². The van der Waals surface area contributed by atoms with E-state index in [1.54, 1.807) is 11.9 Å². The lowest BCUT2D eigenvalue weighted by Crippen LogP contribution is -2.40. The van der Waals surface area contributed by atoms with Crippen molar-refractivity contribution in [2.75, 3.05) is 12.8 Å². The predicted octanol–water partition coefficient (Wildman–Crippen LogP) is 1.83. The van der Waals surface area contributed by atoms with Crippen molar-refractivity contribution in [3.8, 4) is 0 Å². The van der Waals surface area contributed by atoms with Gasteiger partial charge in [-0.2, -0.15) is 13.2 Å². The fourth-order valence-corrected chi connectivity index (χ4v) is 3.86. The van der Waals surface area contributed by atoms with Crippen LogP contribution in [0.5, 0.6) is 0 Å². The predicted molar refractivity (Wildman–Crippen MR) is 86.2 cm³/mol. The van der Waals surface area contributed by atoms with E-state index in [0.717, 1.165) is 32.1 Å². The first-order chi connectivity index (χ1) is 11.7. The molecule has 1 aromatic heterocycles. The highest BCUT2D eigenvalue weighted by Gasteiger charge is 2.33. The summed E-state index contributed by atoms with van der Waals surface area (Å²) in [5.74, 6) is -1.39. The molecular weight excluding hydrogens is 359 g/mol. The molecule has 10 heteroatoms. The van der Waals surface area contributed by atoms with E-state index < -0.39 is 34.0 Å². The van der Waals surface area contributed by atoms with Gasteiger partial charge in [0, 0.05) is 30.0 Å². The van der Waals surface area contributed by atoms with Gasteiger partial charge in [-0.15, -0.1) is 0 Å². The first-order valence-electron chi connectivity index (χ1n) is 7.95. The van der Waals surface area contributed by atoms with E-state index in [4.69, 9.17) is 0 Å². The Bertz CT molecular complexity index is 699. The molecule has 2 rings (SSSR count). The van der Waals surface area contributed by atoms with E-state index in [2.05, 4.69) is 9.97 Å². The van der Waals surface area contributed by atoms with Gasteiger partial charge in [0.1, 0.15) is 11.6 Å². The number of aromatic amines is 1. The maximum atomic E-state index is 12.7. The van der Waals surface area contributed by atoms with Crippen LogP contribution >= 0.6 is 0 Å². The number of rotatable bonds is 5. The molecule has 0 spiro atoms. The van der Waals surface area contributed by atoms with Gasteiger partial charge in [0.25, 0.3) is 5.56 Å². The maximum absolute atomic E-state index is 12.7. The van der Waals surface area contributed by atoms with Gasteiger partial charge in [-0.1, -0.05) is 19.3 Å². The van der Waals surface area contributed by atoms with Gasteiger partial charge >= 0.3 is 6.18 Å². The highest BCUT2D eigenvalue weighted by atomic mass is 32.2. The number of carbonyl (C=O) groups is 1. The molecule has 1 N–H and O–H groups in total. The molecule has 1 fully saturated rings. The molecule has 1 aromatic rings. The monoisotopic (exact) mass is 379 g/mol. The zero-order valence-electron chi connectivity index (χ0n) is 13.8. The summed E-state index contributed by atoms with van der Waals surface area (Å²) in [6.07, 6.45) is 0.261. The van der Waals surface area contributed by atoms with E-state index in [0.29, 0.717) is 6.07 Å². The van der Waals surface area contributed by atoms with Crippen LogP contribution in [0.4, 0.5) is 13.2 Å². The lowest BCUT2D eigenvalue weighted by atomic mass is 9.94.